The summed E-state index contributed by atoms with van der Waals surface area (Å²) in [4.78, 5) is 4.16. The number of aromatic nitrogens is 1. The number of nitrogens with zero attached hydrogens (tertiary/aromatic N) is 2. The van der Waals surface area contributed by atoms with Crippen molar-refractivity contribution in [3.05, 3.63) is 29.7 Å². The molecule has 1 aromatic carbocycles. The summed E-state index contributed by atoms with van der Waals surface area (Å²) in [5, 5.41) is 8.65. The molecule has 0 radical (unpaired) electrons. The first-order valence-corrected chi connectivity index (χ1v) is 4.23. The van der Waals surface area contributed by atoms with Crippen molar-refractivity contribution >= 4 is 11.1 Å². The summed E-state index contributed by atoms with van der Waals surface area (Å²) >= 11 is 0. The predicted molar refractivity (Wildman–Crippen MR) is 51.3 cm³/mol. The first-order valence-electron chi connectivity index (χ1n) is 4.23. The molecule has 2 aromatic rings. The third-order valence-corrected chi connectivity index (χ3v) is 2.02. The maximum absolute atomic E-state index is 8.65. The maximum atomic E-state index is 8.65. The van der Waals surface area contributed by atoms with E-state index in [-0.39, 0.29) is 0 Å². The van der Waals surface area contributed by atoms with Crippen molar-refractivity contribution in [1.82, 2.24) is 4.98 Å². The Balaban J connectivity index is 2.57. The lowest BCUT2D eigenvalue weighted by Crippen LogP contribution is -2.06. The Kier molecular flexibility index (Phi) is 1.95. The minimum atomic E-state index is -0.601. The fourth-order valence-corrected chi connectivity index (χ4v) is 1.33. The lowest BCUT2D eigenvalue weighted by molar-refractivity contribution is 0.561. The second kappa shape index (κ2) is 3.13. The van der Waals surface area contributed by atoms with Crippen LogP contribution in [-0.2, 0) is 0 Å². The monoisotopic (exact) mass is 187 g/mol. The molecule has 0 amide bonds. The van der Waals surface area contributed by atoms with E-state index in [0.29, 0.717) is 5.89 Å². The molecule has 0 fully saturated rings. The van der Waals surface area contributed by atoms with E-state index in [2.05, 4.69) is 4.98 Å². The van der Waals surface area contributed by atoms with Crippen molar-refractivity contribution in [2.45, 2.75) is 13.0 Å². The fraction of sp³-hybridized carbons (Fsp3) is 0.200. The molecule has 0 spiro atoms. The van der Waals surface area contributed by atoms with Gasteiger partial charge in [0.05, 0.1) is 6.07 Å². The molecule has 14 heavy (non-hydrogen) atoms. The molecule has 1 unspecified atom stereocenters. The van der Waals surface area contributed by atoms with Gasteiger partial charge in [0.15, 0.2) is 11.5 Å². The van der Waals surface area contributed by atoms with Gasteiger partial charge in [-0.1, -0.05) is 6.07 Å². The van der Waals surface area contributed by atoms with Crippen LogP contribution >= 0.6 is 0 Å². The van der Waals surface area contributed by atoms with Gasteiger partial charge in [-0.3, -0.25) is 0 Å². The van der Waals surface area contributed by atoms with E-state index in [4.69, 9.17) is 15.4 Å². The van der Waals surface area contributed by atoms with Crippen LogP contribution < -0.4 is 5.73 Å². The molecule has 0 aliphatic heterocycles. The SMILES string of the molecule is Cc1nc2cc(C(N)C#N)ccc2o1. The van der Waals surface area contributed by atoms with Crippen molar-refractivity contribution in [1.29, 1.82) is 5.26 Å². The fourth-order valence-electron chi connectivity index (χ4n) is 1.33. The van der Waals surface area contributed by atoms with Crippen molar-refractivity contribution < 1.29 is 4.42 Å². The van der Waals surface area contributed by atoms with Gasteiger partial charge in [0, 0.05) is 6.92 Å². The van der Waals surface area contributed by atoms with Crippen molar-refractivity contribution in [3.8, 4) is 6.07 Å². The number of fused-ring (bicyclic) bond motifs is 1. The van der Waals surface area contributed by atoms with Crippen LogP contribution in [0.4, 0.5) is 0 Å². The Morgan fingerprint density at radius 2 is 2.36 bits per heavy atom. The summed E-state index contributed by atoms with van der Waals surface area (Å²) in [6.07, 6.45) is 0. The zero-order valence-electron chi connectivity index (χ0n) is 7.69. The molecule has 1 aromatic heterocycles. The second-order valence-electron chi connectivity index (χ2n) is 3.07. The standard InChI is InChI=1S/C10H9N3O/c1-6-13-9-4-7(8(12)5-11)2-3-10(9)14-6/h2-4,8H,12H2,1H3. The number of rotatable bonds is 1. The lowest BCUT2D eigenvalue weighted by Gasteiger charge is -2.00. The molecule has 0 saturated heterocycles. The molecule has 1 heterocycles. The molecule has 4 heteroatoms. The number of benzene rings is 1. The highest BCUT2D eigenvalue weighted by molar-refractivity contribution is 5.73. The highest BCUT2D eigenvalue weighted by atomic mass is 16.3. The van der Waals surface area contributed by atoms with Gasteiger partial charge in [-0.05, 0) is 17.7 Å². The summed E-state index contributed by atoms with van der Waals surface area (Å²) < 4.78 is 5.30. The van der Waals surface area contributed by atoms with E-state index in [0.717, 1.165) is 16.7 Å². The minimum Gasteiger partial charge on any atom is -0.441 e. The van der Waals surface area contributed by atoms with Crippen molar-refractivity contribution in [2.75, 3.05) is 0 Å². The number of aryl methyl sites for hydroxylation is 1. The molecule has 70 valence electrons. The summed E-state index contributed by atoms with van der Waals surface area (Å²) in [6, 6.07) is 6.71. The van der Waals surface area contributed by atoms with Crippen LogP contribution in [0.5, 0.6) is 0 Å². The molecule has 0 bridgehead atoms. The molecular weight excluding hydrogens is 178 g/mol. The Morgan fingerprint density at radius 1 is 1.57 bits per heavy atom. The van der Waals surface area contributed by atoms with Gasteiger partial charge >= 0.3 is 0 Å². The van der Waals surface area contributed by atoms with Crippen molar-refractivity contribution in [2.24, 2.45) is 5.73 Å². The average Bonchev–Trinajstić information content (AvgIpc) is 2.55. The van der Waals surface area contributed by atoms with E-state index < -0.39 is 6.04 Å². The zero-order valence-corrected chi connectivity index (χ0v) is 7.69. The van der Waals surface area contributed by atoms with E-state index in [1.54, 1.807) is 25.1 Å². The largest absolute Gasteiger partial charge is 0.441 e. The predicted octanol–water partition coefficient (Wildman–Crippen LogP) is 1.66. The number of nitriles is 1. The van der Waals surface area contributed by atoms with E-state index in [1.807, 2.05) is 6.07 Å². The van der Waals surface area contributed by atoms with E-state index >= 15 is 0 Å². The van der Waals surface area contributed by atoms with Crippen LogP contribution in [0.25, 0.3) is 11.1 Å². The third kappa shape index (κ3) is 1.34. The zero-order chi connectivity index (χ0) is 10.1. The highest BCUT2D eigenvalue weighted by Gasteiger charge is 2.07. The van der Waals surface area contributed by atoms with Crippen molar-refractivity contribution in [3.63, 3.8) is 0 Å². The molecule has 2 rings (SSSR count). The third-order valence-electron chi connectivity index (χ3n) is 2.02. The molecular formula is C10H9N3O. The molecule has 0 saturated carbocycles. The summed E-state index contributed by atoms with van der Waals surface area (Å²) in [5.41, 5.74) is 7.79. The Bertz CT molecular complexity index is 510. The molecule has 1 atom stereocenters. The van der Waals surface area contributed by atoms with E-state index in [9.17, 15) is 0 Å². The Hall–Kier alpha value is -1.86. The van der Waals surface area contributed by atoms with Gasteiger partial charge in [0.25, 0.3) is 0 Å². The van der Waals surface area contributed by atoms with E-state index in [1.165, 1.54) is 0 Å². The first-order chi connectivity index (χ1) is 6.70. The quantitative estimate of drug-likeness (QED) is 0.736. The van der Waals surface area contributed by atoms with Crippen LogP contribution in [0.2, 0.25) is 0 Å². The lowest BCUT2D eigenvalue weighted by atomic mass is 10.1. The highest BCUT2D eigenvalue weighted by Crippen LogP contribution is 2.19. The van der Waals surface area contributed by atoms with Gasteiger partial charge < -0.3 is 10.2 Å². The Morgan fingerprint density at radius 3 is 3.07 bits per heavy atom. The number of hydrogen-bond acceptors (Lipinski definition) is 4. The molecule has 0 aliphatic rings. The summed E-state index contributed by atoms with van der Waals surface area (Å²) in [6.45, 7) is 1.78. The van der Waals surface area contributed by atoms with Gasteiger partial charge in [0.1, 0.15) is 11.6 Å². The number of nitrogens with two attached hydrogens (primary N) is 1. The van der Waals surface area contributed by atoms with Crippen LogP contribution in [-0.4, -0.2) is 4.98 Å². The maximum Gasteiger partial charge on any atom is 0.192 e. The topological polar surface area (TPSA) is 75.8 Å². The number of oxazole rings is 1. The van der Waals surface area contributed by atoms with Gasteiger partial charge in [0.2, 0.25) is 0 Å². The molecule has 2 N–H and O–H groups in total. The summed E-state index contributed by atoms with van der Waals surface area (Å²) in [7, 11) is 0. The van der Waals surface area contributed by atoms with Crippen LogP contribution in [0.3, 0.4) is 0 Å². The Labute approximate surface area is 81.0 Å². The van der Waals surface area contributed by atoms with Gasteiger partial charge in [-0.15, -0.1) is 0 Å². The van der Waals surface area contributed by atoms with Crippen LogP contribution in [0.1, 0.15) is 17.5 Å². The second-order valence-corrected chi connectivity index (χ2v) is 3.07. The van der Waals surface area contributed by atoms with Crippen LogP contribution in [0.15, 0.2) is 22.6 Å². The normalized spacial score (nSPS) is 12.6. The first kappa shape index (κ1) is 8.73. The minimum absolute atomic E-state index is 0.601. The average molecular weight is 187 g/mol. The van der Waals surface area contributed by atoms with Gasteiger partial charge in [-0.25, -0.2) is 4.98 Å². The molecule has 4 nitrogen and oxygen atoms in total. The van der Waals surface area contributed by atoms with Crippen LogP contribution in [0, 0.1) is 18.3 Å². The molecule has 0 aliphatic carbocycles. The number of hydrogen-bond donors (Lipinski definition) is 1. The van der Waals surface area contributed by atoms with Gasteiger partial charge in [-0.2, -0.15) is 5.26 Å². The smallest absolute Gasteiger partial charge is 0.192 e. The summed E-state index contributed by atoms with van der Waals surface area (Å²) in [5.74, 6) is 0.614.